The second kappa shape index (κ2) is 10.8. The van der Waals surface area contributed by atoms with Gasteiger partial charge in [-0.05, 0) is 74.6 Å². The zero-order valence-electron chi connectivity index (χ0n) is 22.5. The van der Waals surface area contributed by atoms with Crippen LogP contribution in [0.1, 0.15) is 57.6 Å². The van der Waals surface area contributed by atoms with Crippen molar-refractivity contribution in [2.24, 2.45) is 0 Å². The summed E-state index contributed by atoms with van der Waals surface area (Å²) in [6.45, 7) is 6.45. The SMILES string of the molecule is CC(C)(C)OC(=O)N1CCC2(CCc3cc(-c4cc(F)c(CS(=O)(=O)CCC(F)(F)F)c(F)c4)ccc3O2)CC1. The number of nitrogens with zero attached hydrogens (tertiary/aromatic N) is 1. The van der Waals surface area contributed by atoms with Gasteiger partial charge in [0.25, 0.3) is 0 Å². The first kappa shape index (κ1) is 30.1. The maximum absolute atomic E-state index is 14.8. The lowest BCUT2D eigenvalue weighted by Crippen LogP contribution is -2.52. The number of benzene rings is 2. The molecular weight excluding hydrogens is 557 g/mol. The summed E-state index contributed by atoms with van der Waals surface area (Å²) in [7, 11) is -4.38. The number of hydrogen-bond acceptors (Lipinski definition) is 5. The Balaban J connectivity index is 1.44. The van der Waals surface area contributed by atoms with Crippen LogP contribution in [0.2, 0.25) is 0 Å². The number of carbonyl (C=O) groups is 1. The minimum Gasteiger partial charge on any atom is -0.487 e. The van der Waals surface area contributed by atoms with E-state index in [1.165, 1.54) is 0 Å². The Kier molecular flexibility index (Phi) is 8.14. The molecule has 2 aromatic rings. The molecule has 0 aromatic heterocycles. The Morgan fingerprint density at radius 3 is 2.20 bits per heavy atom. The lowest BCUT2D eigenvalue weighted by atomic mass is 9.82. The summed E-state index contributed by atoms with van der Waals surface area (Å²) < 4.78 is 103. The van der Waals surface area contributed by atoms with Crippen molar-refractivity contribution in [3.05, 3.63) is 53.1 Å². The zero-order chi connectivity index (χ0) is 29.5. The van der Waals surface area contributed by atoms with Gasteiger partial charge in [-0.2, -0.15) is 13.2 Å². The molecule has 0 unspecified atom stereocenters. The van der Waals surface area contributed by atoms with Crippen molar-refractivity contribution in [2.75, 3.05) is 18.8 Å². The van der Waals surface area contributed by atoms with Crippen LogP contribution in [-0.2, 0) is 26.7 Å². The second-order valence-corrected chi connectivity index (χ2v) is 13.6. The van der Waals surface area contributed by atoms with Crippen LogP contribution in [0, 0.1) is 11.6 Å². The van der Waals surface area contributed by atoms with Gasteiger partial charge < -0.3 is 14.4 Å². The molecule has 0 bridgehead atoms. The van der Waals surface area contributed by atoms with Crippen LogP contribution in [0.5, 0.6) is 5.75 Å². The van der Waals surface area contributed by atoms with Crippen molar-refractivity contribution >= 4 is 15.9 Å². The Labute approximate surface area is 230 Å². The summed E-state index contributed by atoms with van der Waals surface area (Å²) in [5.74, 6) is -4.05. The standard InChI is InChI=1S/C28H32F5NO5S/c1-26(2,3)39-25(35)34-11-8-27(9-12-34)7-6-19-14-18(4-5-24(19)38-27)20-15-22(29)21(23(30)16-20)17-40(36,37)13-10-28(31,32)33/h4-5,14-16H,6-13,17H2,1-3H3. The first-order valence-electron chi connectivity index (χ1n) is 13.0. The fourth-order valence-electron chi connectivity index (χ4n) is 4.95. The quantitative estimate of drug-likeness (QED) is 0.368. The fraction of sp³-hybridized carbons (Fsp3) is 0.536. The van der Waals surface area contributed by atoms with E-state index in [2.05, 4.69) is 0 Å². The van der Waals surface area contributed by atoms with Gasteiger partial charge in [0, 0.05) is 31.5 Å². The van der Waals surface area contributed by atoms with E-state index in [-0.39, 0.29) is 11.7 Å². The van der Waals surface area contributed by atoms with E-state index >= 15 is 0 Å². The Hall–Kier alpha value is -2.89. The molecule has 1 fully saturated rings. The number of fused-ring (bicyclic) bond motifs is 1. The third-order valence-corrected chi connectivity index (χ3v) is 8.65. The average molecular weight is 590 g/mol. The van der Waals surface area contributed by atoms with Gasteiger partial charge in [0.2, 0.25) is 0 Å². The fourth-order valence-corrected chi connectivity index (χ4v) is 6.35. The number of amides is 1. The molecule has 1 spiro atoms. The van der Waals surface area contributed by atoms with Crippen molar-refractivity contribution in [1.29, 1.82) is 0 Å². The summed E-state index contributed by atoms with van der Waals surface area (Å²) >= 11 is 0. The predicted octanol–water partition coefficient (Wildman–Crippen LogP) is 6.59. The van der Waals surface area contributed by atoms with Gasteiger partial charge in [0.1, 0.15) is 28.6 Å². The number of carbonyl (C=O) groups excluding carboxylic acids is 1. The van der Waals surface area contributed by atoms with Gasteiger partial charge in [-0.1, -0.05) is 6.07 Å². The van der Waals surface area contributed by atoms with Gasteiger partial charge in [-0.15, -0.1) is 0 Å². The first-order chi connectivity index (χ1) is 18.4. The van der Waals surface area contributed by atoms with Crippen molar-refractivity contribution in [2.45, 2.75) is 76.0 Å². The molecule has 6 nitrogen and oxygen atoms in total. The summed E-state index contributed by atoms with van der Waals surface area (Å²) in [4.78, 5) is 14.1. The number of sulfone groups is 1. The van der Waals surface area contributed by atoms with E-state index < -0.39 is 62.3 Å². The minimum absolute atomic E-state index is 0.167. The number of hydrogen-bond donors (Lipinski definition) is 0. The average Bonchev–Trinajstić information content (AvgIpc) is 2.84. The summed E-state index contributed by atoms with van der Waals surface area (Å²) in [5, 5.41) is 0. The molecule has 220 valence electrons. The summed E-state index contributed by atoms with van der Waals surface area (Å²) in [5.41, 5.74) is -0.290. The minimum atomic E-state index is -4.69. The van der Waals surface area contributed by atoms with Crippen molar-refractivity contribution in [3.63, 3.8) is 0 Å². The van der Waals surface area contributed by atoms with E-state index in [0.717, 1.165) is 17.7 Å². The molecule has 0 saturated carbocycles. The van der Waals surface area contributed by atoms with Gasteiger partial charge >= 0.3 is 12.3 Å². The highest BCUT2D eigenvalue weighted by molar-refractivity contribution is 7.90. The Morgan fingerprint density at radius 2 is 1.62 bits per heavy atom. The van der Waals surface area contributed by atoms with Crippen LogP contribution < -0.4 is 4.74 Å². The lowest BCUT2D eigenvalue weighted by molar-refractivity contribution is -0.129. The van der Waals surface area contributed by atoms with Crippen LogP contribution in [0.15, 0.2) is 30.3 Å². The number of alkyl halides is 3. The van der Waals surface area contributed by atoms with E-state index in [1.54, 1.807) is 23.1 Å². The van der Waals surface area contributed by atoms with E-state index in [9.17, 15) is 35.2 Å². The van der Waals surface area contributed by atoms with Crippen LogP contribution in [0.25, 0.3) is 11.1 Å². The van der Waals surface area contributed by atoms with Gasteiger partial charge in [0.15, 0.2) is 9.84 Å². The zero-order valence-corrected chi connectivity index (χ0v) is 23.4. The molecule has 1 saturated heterocycles. The Morgan fingerprint density at radius 1 is 1.00 bits per heavy atom. The molecule has 2 aliphatic rings. The maximum Gasteiger partial charge on any atom is 0.410 e. The smallest absolute Gasteiger partial charge is 0.410 e. The highest BCUT2D eigenvalue weighted by atomic mass is 32.2. The number of piperidine rings is 1. The largest absolute Gasteiger partial charge is 0.487 e. The highest BCUT2D eigenvalue weighted by Gasteiger charge is 2.41. The van der Waals surface area contributed by atoms with Gasteiger partial charge in [-0.3, -0.25) is 0 Å². The molecule has 2 heterocycles. The van der Waals surface area contributed by atoms with Crippen LogP contribution in [0.3, 0.4) is 0 Å². The van der Waals surface area contributed by atoms with Crippen molar-refractivity contribution < 1.29 is 44.6 Å². The third-order valence-electron chi connectivity index (χ3n) is 7.10. The number of rotatable bonds is 5. The van der Waals surface area contributed by atoms with E-state index in [4.69, 9.17) is 9.47 Å². The highest BCUT2D eigenvalue weighted by Crippen LogP contribution is 2.41. The number of aryl methyl sites for hydroxylation is 1. The van der Waals surface area contributed by atoms with E-state index in [1.807, 2.05) is 20.8 Å². The molecule has 1 amide bonds. The monoisotopic (exact) mass is 589 g/mol. The van der Waals surface area contributed by atoms with Crippen molar-refractivity contribution in [3.8, 4) is 16.9 Å². The van der Waals surface area contributed by atoms with Crippen molar-refractivity contribution in [1.82, 2.24) is 4.90 Å². The predicted molar refractivity (Wildman–Crippen MR) is 139 cm³/mol. The van der Waals surface area contributed by atoms with Gasteiger partial charge in [0.05, 0.1) is 17.9 Å². The van der Waals surface area contributed by atoms with Crippen LogP contribution in [-0.4, -0.2) is 55.6 Å². The normalized spacial score (nSPS) is 17.4. The number of halogens is 5. The lowest BCUT2D eigenvalue weighted by Gasteiger charge is -2.44. The molecule has 12 heteroatoms. The molecule has 2 aliphatic heterocycles. The number of ether oxygens (including phenoxy) is 2. The Bertz CT molecular complexity index is 1350. The molecule has 0 atom stereocenters. The van der Waals surface area contributed by atoms with Crippen LogP contribution in [0.4, 0.5) is 26.7 Å². The second-order valence-electron chi connectivity index (χ2n) is 11.5. The first-order valence-corrected chi connectivity index (χ1v) is 14.8. The molecule has 0 N–H and O–H groups in total. The molecular formula is C28H32F5NO5S. The summed E-state index contributed by atoms with van der Waals surface area (Å²) in [6, 6.07) is 7.08. The topological polar surface area (TPSA) is 72.9 Å². The molecule has 4 rings (SSSR count). The number of likely N-dealkylation sites (tertiary alicyclic amines) is 1. The van der Waals surface area contributed by atoms with Gasteiger partial charge in [-0.25, -0.2) is 22.0 Å². The third kappa shape index (κ3) is 7.44. The van der Waals surface area contributed by atoms with Crippen LogP contribution >= 0.6 is 0 Å². The maximum atomic E-state index is 14.8. The molecule has 40 heavy (non-hydrogen) atoms. The molecule has 2 aromatic carbocycles. The van der Waals surface area contributed by atoms with E-state index in [0.29, 0.717) is 50.1 Å². The summed E-state index contributed by atoms with van der Waals surface area (Å²) in [6.07, 6.45) is -4.01. The molecule has 0 radical (unpaired) electrons. The molecule has 0 aliphatic carbocycles.